The van der Waals surface area contributed by atoms with Gasteiger partial charge in [-0.05, 0) is 43.4 Å². The molecule has 1 atom stereocenters. The van der Waals surface area contributed by atoms with Gasteiger partial charge in [-0.1, -0.05) is 55.0 Å². The summed E-state index contributed by atoms with van der Waals surface area (Å²) < 4.78 is 24.7. The smallest absolute Gasteiger partial charge is 0.233 e. The summed E-state index contributed by atoms with van der Waals surface area (Å²) in [5.41, 5.74) is 2.23. The summed E-state index contributed by atoms with van der Waals surface area (Å²) in [7, 11) is -3.03. The zero-order valence-electron chi connectivity index (χ0n) is 17.6. The summed E-state index contributed by atoms with van der Waals surface area (Å²) in [6.07, 6.45) is 5.70. The predicted molar refractivity (Wildman–Crippen MR) is 126 cm³/mol. The van der Waals surface area contributed by atoms with Gasteiger partial charge in [0.2, 0.25) is 11.0 Å². The maximum atomic E-state index is 13.1. The van der Waals surface area contributed by atoms with E-state index in [4.69, 9.17) is 0 Å². The van der Waals surface area contributed by atoms with Crippen LogP contribution in [0.3, 0.4) is 0 Å². The molecule has 1 saturated carbocycles. The lowest BCUT2D eigenvalue weighted by Crippen LogP contribution is -2.47. The van der Waals surface area contributed by atoms with E-state index in [2.05, 4.69) is 34.6 Å². The van der Waals surface area contributed by atoms with Crippen LogP contribution in [-0.4, -0.2) is 58.8 Å². The van der Waals surface area contributed by atoms with E-state index < -0.39 is 9.84 Å². The number of anilines is 2. The molecule has 0 bridgehead atoms. The summed E-state index contributed by atoms with van der Waals surface area (Å²) in [6, 6.07) is 8.19. The van der Waals surface area contributed by atoms with Crippen molar-refractivity contribution in [1.29, 1.82) is 0 Å². The Morgan fingerprint density at radius 1 is 1.16 bits per heavy atom. The summed E-state index contributed by atoms with van der Waals surface area (Å²) in [5.74, 6) is 0.557. The third kappa shape index (κ3) is 5.78. The number of nitrogens with one attached hydrogen (secondary N) is 1. The molecule has 1 saturated heterocycles. The van der Waals surface area contributed by atoms with Gasteiger partial charge >= 0.3 is 0 Å². The monoisotopic (exact) mass is 480 g/mol. The molecule has 1 aliphatic heterocycles. The van der Waals surface area contributed by atoms with Crippen LogP contribution < -0.4 is 5.32 Å². The zero-order valence-corrected chi connectivity index (χ0v) is 20.1. The standard InChI is InChI=1S/C21H28N4O3S3/c1-2-15-7-9-16(10-8-15)22-20-23-24-21(30-20)29-13-19(26)25(17-5-3-4-6-17)18-11-12-31(27,28)14-18/h7-10,17-18H,2-6,11-14H2,1H3,(H,22,23)/t18-/m1/s1. The van der Waals surface area contributed by atoms with Gasteiger partial charge in [0.1, 0.15) is 0 Å². The van der Waals surface area contributed by atoms with Crippen LogP contribution >= 0.6 is 23.1 Å². The number of rotatable bonds is 8. The quantitative estimate of drug-likeness (QED) is 0.573. The highest BCUT2D eigenvalue weighted by Crippen LogP contribution is 2.32. The number of thioether (sulfide) groups is 1. The summed E-state index contributed by atoms with van der Waals surface area (Å²) in [5, 5.41) is 12.3. The van der Waals surface area contributed by atoms with Gasteiger partial charge < -0.3 is 10.2 Å². The molecule has 2 fully saturated rings. The first-order chi connectivity index (χ1) is 14.9. The highest BCUT2D eigenvalue weighted by molar-refractivity contribution is 8.01. The number of hydrogen-bond donors (Lipinski definition) is 1. The highest BCUT2D eigenvalue weighted by atomic mass is 32.2. The Kier molecular flexibility index (Phi) is 7.18. The predicted octanol–water partition coefficient (Wildman–Crippen LogP) is 3.89. The number of carbonyl (C=O) groups excluding carboxylic acids is 1. The number of nitrogens with zero attached hydrogens (tertiary/aromatic N) is 3. The normalized spacial score (nSPS) is 20.7. The number of amides is 1. The molecule has 10 heteroatoms. The van der Waals surface area contributed by atoms with Gasteiger partial charge in [0.15, 0.2) is 14.2 Å². The minimum absolute atomic E-state index is 0.0128. The van der Waals surface area contributed by atoms with E-state index in [0.717, 1.165) is 42.1 Å². The van der Waals surface area contributed by atoms with Crippen LogP contribution in [-0.2, 0) is 21.1 Å². The summed E-state index contributed by atoms with van der Waals surface area (Å²) >= 11 is 2.79. The van der Waals surface area contributed by atoms with E-state index in [1.54, 1.807) is 0 Å². The van der Waals surface area contributed by atoms with Crippen molar-refractivity contribution in [1.82, 2.24) is 15.1 Å². The average Bonchev–Trinajstić information content (AvgIpc) is 3.50. The topological polar surface area (TPSA) is 92.3 Å². The fourth-order valence-electron chi connectivity index (χ4n) is 4.35. The van der Waals surface area contributed by atoms with Crippen molar-refractivity contribution in [2.24, 2.45) is 0 Å². The van der Waals surface area contributed by atoms with Crippen LogP contribution in [0.2, 0.25) is 0 Å². The Balaban J connectivity index is 1.36. The SMILES string of the molecule is CCc1ccc(Nc2nnc(SCC(=O)N(C3CCCC3)[C@@H]3CCS(=O)(=O)C3)s2)cc1. The zero-order chi connectivity index (χ0) is 21.8. The molecule has 2 heterocycles. The molecule has 4 rings (SSSR count). The van der Waals surface area contributed by atoms with Crippen LogP contribution in [0.5, 0.6) is 0 Å². The van der Waals surface area contributed by atoms with Gasteiger partial charge in [0.25, 0.3) is 0 Å². The molecular formula is C21H28N4O3S3. The number of carbonyl (C=O) groups is 1. The molecular weight excluding hydrogens is 452 g/mol. The van der Waals surface area contributed by atoms with Crippen molar-refractivity contribution in [2.45, 2.75) is 61.9 Å². The van der Waals surface area contributed by atoms with Gasteiger partial charge in [0.05, 0.1) is 17.3 Å². The van der Waals surface area contributed by atoms with E-state index >= 15 is 0 Å². The molecule has 2 aliphatic rings. The molecule has 7 nitrogen and oxygen atoms in total. The van der Waals surface area contributed by atoms with Crippen molar-refractivity contribution in [2.75, 3.05) is 22.6 Å². The molecule has 1 aromatic carbocycles. The first-order valence-electron chi connectivity index (χ1n) is 10.8. The number of benzene rings is 1. The molecule has 1 amide bonds. The Hall–Kier alpha value is -1.65. The molecule has 0 spiro atoms. The lowest BCUT2D eigenvalue weighted by molar-refractivity contribution is -0.132. The molecule has 0 radical (unpaired) electrons. The fraction of sp³-hybridized carbons (Fsp3) is 0.571. The molecule has 31 heavy (non-hydrogen) atoms. The number of sulfone groups is 1. The van der Waals surface area contributed by atoms with Gasteiger partial charge in [-0.2, -0.15) is 0 Å². The van der Waals surface area contributed by atoms with Crippen molar-refractivity contribution in [3.63, 3.8) is 0 Å². The number of aryl methyl sites for hydroxylation is 1. The molecule has 1 aromatic heterocycles. The van der Waals surface area contributed by atoms with E-state index in [9.17, 15) is 13.2 Å². The lowest BCUT2D eigenvalue weighted by atomic mass is 10.1. The van der Waals surface area contributed by atoms with Crippen molar-refractivity contribution >= 4 is 49.7 Å². The number of aromatic nitrogens is 2. The van der Waals surface area contributed by atoms with Crippen molar-refractivity contribution < 1.29 is 13.2 Å². The van der Waals surface area contributed by atoms with Gasteiger partial charge in [0, 0.05) is 17.8 Å². The first kappa shape index (κ1) is 22.5. The highest BCUT2D eigenvalue weighted by Gasteiger charge is 2.38. The Morgan fingerprint density at radius 2 is 1.90 bits per heavy atom. The molecule has 1 aliphatic carbocycles. The van der Waals surface area contributed by atoms with E-state index in [-0.39, 0.29) is 35.2 Å². The summed E-state index contributed by atoms with van der Waals surface area (Å²) in [6.45, 7) is 2.12. The van der Waals surface area contributed by atoms with Gasteiger partial charge in [-0.25, -0.2) is 8.42 Å². The molecule has 2 aromatic rings. The Bertz CT molecular complexity index is 1000. The van der Waals surface area contributed by atoms with E-state index in [0.29, 0.717) is 11.6 Å². The number of hydrogen-bond acceptors (Lipinski definition) is 8. The summed E-state index contributed by atoms with van der Waals surface area (Å²) in [4.78, 5) is 15.0. The van der Waals surface area contributed by atoms with Crippen molar-refractivity contribution in [3.8, 4) is 0 Å². The first-order valence-corrected chi connectivity index (χ1v) is 14.4. The van der Waals surface area contributed by atoms with Crippen molar-refractivity contribution in [3.05, 3.63) is 29.8 Å². The fourth-order valence-corrected chi connectivity index (χ4v) is 7.70. The Labute approximate surface area is 191 Å². The third-order valence-corrected chi connectivity index (χ3v) is 9.65. The Morgan fingerprint density at radius 3 is 2.55 bits per heavy atom. The largest absolute Gasteiger partial charge is 0.335 e. The van der Waals surface area contributed by atoms with Crippen LogP contribution in [0.15, 0.2) is 28.6 Å². The second kappa shape index (κ2) is 9.87. The minimum Gasteiger partial charge on any atom is -0.335 e. The lowest BCUT2D eigenvalue weighted by Gasteiger charge is -2.34. The van der Waals surface area contributed by atoms with Gasteiger partial charge in [-0.3, -0.25) is 4.79 Å². The molecule has 168 valence electrons. The van der Waals surface area contributed by atoms with Crippen LogP contribution in [0, 0.1) is 0 Å². The van der Waals surface area contributed by atoms with E-state index in [1.165, 1.54) is 28.7 Å². The van der Waals surface area contributed by atoms with Crippen LogP contribution in [0.25, 0.3) is 0 Å². The molecule has 0 unspecified atom stereocenters. The molecule has 1 N–H and O–H groups in total. The van der Waals surface area contributed by atoms with Gasteiger partial charge in [-0.15, -0.1) is 10.2 Å². The second-order valence-electron chi connectivity index (χ2n) is 8.13. The average molecular weight is 481 g/mol. The van der Waals surface area contributed by atoms with E-state index in [1.807, 2.05) is 17.0 Å². The van der Waals surface area contributed by atoms with Crippen LogP contribution in [0.1, 0.15) is 44.6 Å². The minimum atomic E-state index is -3.03. The maximum absolute atomic E-state index is 13.1. The maximum Gasteiger partial charge on any atom is 0.233 e. The third-order valence-electron chi connectivity index (χ3n) is 5.95. The second-order valence-corrected chi connectivity index (χ2v) is 12.6. The van der Waals surface area contributed by atoms with Crippen LogP contribution in [0.4, 0.5) is 10.8 Å².